The smallest absolute Gasteiger partial charge is 0.0707 e. The van der Waals surface area contributed by atoms with Gasteiger partial charge < -0.3 is 4.57 Å². The second kappa shape index (κ2) is 4.13. The number of aryl methyl sites for hydroxylation is 1. The molecule has 0 amide bonds. The first kappa shape index (κ1) is 11.3. The summed E-state index contributed by atoms with van der Waals surface area (Å²) in [5.74, 6) is 0.628. The maximum atomic E-state index is 4.45. The van der Waals surface area contributed by atoms with Crippen LogP contribution in [0.4, 0.5) is 0 Å². The topological polar surface area (TPSA) is 17.8 Å². The average Bonchev–Trinajstić information content (AvgIpc) is 2.66. The highest BCUT2D eigenvalue weighted by atomic mass is 15.0. The van der Waals surface area contributed by atoms with Crippen LogP contribution >= 0.6 is 0 Å². The van der Waals surface area contributed by atoms with E-state index in [0.29, 0.717) is 5.92 Å². The molecular weight excluding hydrogens is 220 g/mol. The van der Waals surface area contributed by atoms with Crippen molar-refractivity contribution in [1.29, 1.82) is 0 Å². The Labute approximate surface area is 107 Å². The molecular formula is C16H18N2. The summed E-state index contributed by atoms with van der Waals surface area (Å²) in [6.07, 6.45) is 1.91. The molecule has 0 saturated heterocycles. The van der Waals surface area contributed by atoms with Crippen molar-refractivity contribution in [2.24, 2.45) is 5.92 Å². The van der Waals surface area contributed by atoms with Crippen molar-refractivity contribution in [3.05, 3.63) is 42.2 Å². The van der Waals surface area contributed by atoms with E-state index >= 15 is 0 Å². The Bertz CT molecular complexity index is 708. The van der Waals surface area contributed by atoms with Gasteiger partial charge in [-0.1, -0.05) is 32.0 Å². The predicted molar refractivity (Wildman–Crippen MR) is 76.8 cm³/mol. The molecule has 92 valence electrons. The first-order chi connectivity index (χ1) is 8.68. The van der Waals surface area contributed by atoms with Crippen LogP contribution in [0.1, 0.15) is 19.5 Å². The molecule has 0 N–H and O–H groups in total. The van der Waals surface area contributed by atoms with Crippen LogP contribution in [0.15, 0.2) is 36.5 Å². The largest absolute Gasteiger partial charge is 0.339 e. The number of aromatic nitrogens is 2. The number of fused-ring (bicyclic) bond motifs is 3. The molecule has 3 aromatic rings. The second-order valence-corrected chi connectivity index (χ2v) is 5.31. The third-order valence-corrected chi connectivity index (χ3v) is 3.41. The third-order valence-electron chi connectivity index (χ3n) is 3.41. The minimum atomic E-state index is 0.628. The maximum Gasteiger partial charge on any atom is 0.0707 e. The molecule has 0 aliphatic carbocycles. The molecule has 2 nitrogen and oxygen atoms in total. The Kier molecular flexibility index (Phi) is 2.58. The van der Waals surface area contributed by atoms with E-state index in [-0.39, 0.29) is 0 Å². The van der Waals surface area contributed by atoms with Crippen LogP contribution in [0.5, 0.6) is 0 Å². The molecule has 0 atom stereocenters. The molecule has 0 saturated carbocycles. The molecule has 0 unspecified atom stereocenters. The molecule has 2 heterocycles. The summed E-state index contributed by atoms with van der Waals surface area (Å²) in [6, 6.07) is 10.8. The van der Waals surface area contributed by atoms with E-state index in [9.17, 15) is 0 Å². The zero-order valence-electron chi connectivity index (χ0n) is 11.1. The molecule has 0 spiro atoms. The van der Waals surface area contributed by atoms with E-state index in [0.717, 1.165) is 12.2 Å². The molecule has 2 aromatic heterocycles. The maximum absolute atomic E-state index is 4.45. The number of hydrogen-bond acceptors (Lipinski definition) is 1. The van der Waals surface area contributed by atoms with Gasteiger partial charge in [-0.15, -0.1) is 0 Å². The zero-order chi connectivity index (χ0) is 12.7. The quantitative estimate of drug-likeness (QED) is 0.655. The monoisotopic (exact) mass is 238 g/mol. The lowest BCUT2D eigenvalue weighted by Gasteiger charge is -2.11. The molecule has 0 aliphatic heterocycles. The van der Waals surface area contributed by atoms with Gasteiger partial charge >= 0.3 is 0 Å². The molecule has 2 heteroatoms. The van der Waals surface area contributed by atoms with Gasteiger partial charge in [-0.2, -0.15) is 0 Å². The summed E-state index contributed by atoms with van der Waals surface area (Å²) >= 11 is 0. The van der Waals surface area contributed by atoms with E-state index in [4.69, 9.17) is 0 Å². The van der Waals surface area contributed by atoms with Crippen LogP contribution in [-0.4, -0.2) is 9.55 Å². The van der Waals surface area contributed by atoms with Gasteiger partial charge in [0.05, 0.1) is 11.2 Å². The standard InChI is InChI=1S/C16H18N2/c1-11(2)10-18-15-7-5-4-6-13(15)14-8-9-17-12(3)16(14)18/h4-9,11H,10H2,1-3H3. The van der Waals surface area contributed by atoms with Gasteiger partial charge in [0, 0.05) is 29.0 Å². The number of para-hydroxylation sites is 1. The average molecular weight is 238 g/mol. The highest BCUT2D eigenvalue weighted by Gasteiger charge is 2.12. The fourth-order valence-corrected chi connectivity index (χ4v) is 2.73. The molecule has 0 radical (unpaired) electrons. The van der Waals surface area contributed by atoms with Crippen molar-refractivity contribution in [2.45, 2.75) is 27.3 Å². The van der Waals surface area contributed by atoms with E-state index in [1.54, 1.807) is 0 Å². The molecule has 1 aromatic carbocycles. The molecule has 3 rings (SSSR count). The summed E-state index contributed by atoms with van der Waals surface area (Å²) in [6.45, 7) is 7.65. The minimum absolute atomic E-state index is 0.628. The van der Waals surface area contributed by atoms with Gasteiger partial charge in [0.1, 0.15) is 0 Å². The summed E-state index contributed by atoms with van der Waals surface area (Å²) < 4.78 is 2.41. The van der Waals surface area contributed by atoms with E-state index in [2.05, 4.69) is 60.7 Å². The molecule has 0 fully saturated rings. The normalized spacial score (nSPS) is 11.8. The van der Waals surface area contributed by atoms with Gasteiger partial charge in [0.15, 0.2) is 0 Å². The fraction of sp³-hybridized carbons (Fsp3) is 0.312. The summed E-state index contributed by atoms with van der Waals surface area (Å²) in [7, 11) is 0. The first-order valence-electron chi connectivity index (χ1n) is 6.51. The van der Waals surface area contributed by atoms with E-state index in [1.807, 2.05) is 6.20 Å². The number of benzene rings is 1. The summed E-state index contributed by atoms with van der Waals surface area (Å²) in [5, 5.41) is 2.65. The highest BCUT2D eigenvalue weighted by molar-refractivity contribution is 6.08. The first-order valence-corrected chi connectivity index (χ1v) is 6.51. The number of pyridine rings is 1. The number of hydrogen-bond donors (Lipinski definition) is 0. The van der Waals surface area contributed by atoms with Crippen molar-refractivity contribution < 1.29 is 0 Å². The van der Waals surface area contributed by atoms with Crippen LogP contribution in [0.2, 0.25) is 0 Å². The molecule has 0 aliphatic rings. The second-order valence-electron chi connectivity index (χ2n) is 5.31. The third kappa shape index (κ3) is 1.60. The summed E-state index contributed by atoms with van der Waals surface area (Å²) in [5.41, 5.74) is 3.72. The minimum Gasteiger partial charge on any atom is -0.339 e. The Morgan fingerprint density at radius 1 is 1.11 bits per heavy atom. The van der Waals surface area contributed by atoms with Gasteiger partial charge in [-0.25, -0.2) is 0 Å². The van der Waals surface area contributed by atoms with Gasteiger partial charge in [-0.05, 0) is 25.0 Å². The van der Waals surface area contributed by atoms with Crippen LogP contribution in [-0.2, 0) is 6.54 Å². The van der Waals surface area contributed by atoms with Crippen LogP contribution in [0, 0.1) is 12.8 Å². The fourth-order valence-electron chi connectivity index (χ4n) is 2.73. The molecule has 18 heavy (non-hydrogen) atoms. The van der Waals surface area contributed by atoms with Crippen molar-refractivity contribution in [3.63, 3.8) is 0 Å². The van der Waals surface area contributed by atoms with E-state index in [1.165, 1.54) is 21.8 Å². The lowest BCUT2D eigenvalue weighted by atomic mass is 10.2. The van der Waals surface area contributed by atoms with Crippen molar-refractivity contribution in [1.82, 2.24) is 9.55 Å². The van der Waals surface area contributed by atoms with Gasteiger partial charge in [0.2, 0.25) is 0 Å². The van der Waals surface area contributed by atoms with Crippen molar-refractivity contribution in [3.8, 4) is 0 Å². The highest BCUT2D eigenvalue weighted by Crippen LogP contribution is 2.30. The number of rotatable bonds is 2. The lowest BCUT2D eigenvalue weighted by molar-refractivity contribution is 0.544. The number of nitrogens with zero attached hydrogens (tertiary/aromatic N) is 2. The Morgan fingerprint density at radius 2 is 1.89 bits per heavy atom. The van der Waals surface area contributed by atoms with E-state index < -0.39 is 0 Å². The molecule has 0 bridgehead atoms. The van der Waals surface area contributed by atoms with Crippen LogP contribution in [0.25, 0.3) is 21.8 Å². The Hall–Kier alpha value is -1.83. The van der Waals surface area contributed by atoms with Crippen LogP contribution in [0.3, 0.4) is 0 Å². The Morgan fingerprint density at radius 3 is 2.67 bits per heavy atom. The SMILES string of the molecule is Cc1nccc2c3ccccc3n(CC(C)C)c12. The van der Waals surface area contributed by atoms with Gasteiger partial charge in [0.25, 0.3) is 0 Å². The zero-order valence-corrected chi connectivity index (χ0v) is 11.1. The van der Waals surface area contributed by atoms with Crippen molar-refractivity contribution >= 4 is 21.8 Å². The van der Waals surface area contributed by atoms with Crippen molar-refractivity contribution in [2.75, 3.05) is 0 Å². The Balaban J connectivity index is 2.47. The van der Waals surface area contributed by atoms with Crippen LogP contribution < -0.4 is 0 Å². The summed E-state index contributed by atoms with van der Waals surface area (Å²) in [4.78, 5) is 4.45. The van der Waals surface area contributed by atoms with Gasteiger partial charge in [-0.3, -0.25) is 4.98 Å². The lowest BCUT2D eigenvalue weighted by Crippen LogP contribution is -2.05. The predicted octanol–water partition coefficient (Wildman–Crippen LogP) is 4.15.